The lowest BCUT2D eigenvalue weighted by molar-refractivity contribution is -0.135. The highest BCUT2D eigenvalue weighted by Gasteiger charge is 2.22. The Kier molecular flexibility index (Phi) is 7.68. The second kappa shape index (κ2) is 8.17. The zero-order valence-electron chi connectivity index (χ0n) is 12.1. The first-order valence-corrected chi connectivity index (χ1v) is 6.24. The molecular weight excluding hydrogens is 286 g/mol. The number of hydrogen-bond acceptors (Lipinski definition) is 2. The van der Waals surface area contributed by atoms with E-state index in [9.17, 15) is 13.6 Å². The highest BCUT2D eigenvalue weighted by molar-refractivity contribution is 5.85. The summed E-state index contributed by atoms with van der Waals surface area (Å²) in [6.07, 6.45) is 0. The van der Waals surface area contributed by atoms with Gasteiger partial charge in [-0.3, -0.25) is 4.79 Å². The van der Waals surface area contributed by atoms with Crippen LogP contribution in [-0.4, -0.2) is 31.4 Å². The van der Waals surface area contributed by atoms with Crippen LogP contribution in [0.2, 0.25) is 0 Å². The van der Waals surface area contributed by atoms with E-state index >= 15 is 0 Å². The number of hydrogen-bond donors (Lipinski definition) is 1. The van der Waals surface area contributed by atoms with Gasteiger partial charge in [0.05, 0.1) is 6.04 Å². The van der Waals surface area contributed by atoms with Gasteiger partial charge in [-0.25, -0.2) is 8.78 Å². The van der Waals surface area contributed by atoms with Crippen LogP contribution in [0.3, 0.4) is 0 Å². The van der Waals surface area contributed by atoms with Crippen LogP contribution < -0.4 is 5.32 Å². The smallest absolute Gasteiger partial charge is 0.226 e. The molecule has 0 aromatic heterocycles. The molecule has 1 N–H and O–H groups in total. The number of benzene rings is 1. The van der Waals surface area contributed by atoms with E-state index in [0.29, 0.717) is 12.1 Å². The van der Waals surface area contributed by atoms with Gasteiger partial charge in [0.15, 0.2) is 11.6 Å². The van der Waals surface area contributed by atoms with E-state index in [1.165, 1.54) is 6.07 Å². The van der Waals surface area contributed by atoms with Crippen molar-refractivity contribution in [3.05, 3.63) is 35.4 Å². The van der Waals surface area contributed by atoms with Gasteiger partial charge in [0, 0.05) is 19.5 Å². The third kappa shape index (κ3) is 4.42. The van der Waals surface area contributed by atoms with E-state index < -0.39 is 11.6 Å². The van der Waals surface area contributed by atoms with Gasteiger partial charge in [-0.1, -0.05) is 13.0 Å². The highest BCUT2D eigenvalue weighted by atomic mass is 35.5. The van der Waals surface area contributed by atoms with Crippen molar-refractivity contribution < 1.29 is 13.6 Å². The Morgan fingerprint density at radius 3 is 2.40 bits per heavy atom. The molecule has 2 unspecified atom stereocenters. The lowest BCUT2D eigenvalue weighted by Gasteiger charge is -2.28. The molecule has 1 aromatic carbocycles. The number of halogens is 3. The van der Waals surface area contributed by atoms with Gasteiger partial charge in [-0.05, 0) is 31.7 Å². The average molecular weight is 307 g/mol. The molecule has 0 saturated carbocycles. The number of amides is 1. The number of carbonyl (C=O) groups is 1. The van der Waals surface area contributed by atoms with Crippen molar-refractivity contribution >= 4 is 18.3 Å². The zero-order chi connectivity index (χ0) is 14.6. The van der Waals surface area contributed by atoms with Gasteiger partial charge in [-0.2, -0.15) is 0 Å². The molecule has 1 rings (SSSR count). The Hall–Kier alpha value is -1.20. The molecule has 6 heteroatoms. The predicted octanol–water partition coefficient (Wildman–Crippen LogP) is 2.76. The van der Waals surface area contributed by atoms with Crippen LogP contribution >= 0.6 is 12.4 Å². The van der Waals surface area contributed by atoms with E-state index in [-0.39, 0.29) is 30.3 Å². The van der Waals surface area contributed by atoms with E-state index in [2.05, 4.69) is 5.32 Å². The molecule has 0 bridgehead atoms. The molecule has 2 atom stereocenters. The van der Waals surface area contributed by atoms with E-state index in [1.54, 1.807) is 25.9 Å². The number of nitrogens with one attached hydrogen (secondary N) is 1. The molecule has 0 aliphatic heterocycles. The first kappa shape index (κ1) is 18.8. The number of carbonyl (C=O) groups excluding carboxylic acids is 1. The molecule has 0 saturated heterocycles. The Balaban J connectivity index is 0.00000361. The summed E-state index contributed by atoms with van der Waals surface area (Å²) in [5, 5.41) is 2.94. The summed E-state index contributed by atoms with van der Waals surface area (Å²) in [5.41, 5.74) is 0.575. The van der Waals surface area contributed by atoms with Crippen molar-refractivity contribution in [1.29, 1.82) is 0 Å². The summed E-state index contributed by atoms with van der Waals surface area (Å²) in [6.45, 7) is 4.19. The van der Waals surface area contributed by atoms with Gasteiger partial charge < -0.3 is 10.2 Å². The normalized spacial score (nSPS) is 13.3. The summed E-state index contributed by atoms with van der Waals surface area (Å²) >= 11 is 0. The Morgan fingerprint density at radius 2 is 1.90 bits per heavy atom. The van der Waals surface area contributed by atoms with Crippen LogP contribution in [0.4, 0.5) is 8.78 Å². The molecule has 0 fully saturated rings. The van der Waals surface area contributed by atoms with Gasteiger partial charge in [0.1, 0.15) is 0 Å². The Labute approximate surface area is 124 Å². The minimum absolute atomic E-state index is 0. The molecule has 3 nitrogen and oxygen atoms in total. The molecule has 1 aromatic rings. The van der Waals surface area contributed by atoms with Crippen LogP contribution in [0.1, 0.15) is 25.5 Å². The van der Waals surface area contributed by atoms with Gasteiger partial charge in [-0.15, -0.1) is 12.4 Å². The van der Waals surface area contributed by atoms with Crippen molar-refractivity contribution in [3.63, 3.8) is 0 Å². The molecule has 114 valence electrons. The highest BCUT2D eigenvalue weighted by Crippen LogP contribution is 2.22. The lowest BCUT2D eigenvalue weighted by atomic mass is 10.0. The average Bonchev–Trinajstić information content (AvgIpc) is 2.39. The standard InChI is InChI=1S/C14H20F2N2O.ClH/c1-9(8-17-3)14(19)18(4)10(2)11-5-6-12(15)13(16)7-11;/h5-7,9-10,17H,8H2,1-4H3;1H. The summed E-state index contributed by atoms with van der Waals surface area (Å²) in [4.78, 5) is 13.7. The summed E-state index contributed by atoms with van der Waals surface area (Å²) < 4.78 is 26.1. The van der Waals surface area contributed by atoms with Crippen LogP contribution in [0, 0.1) is 17.6 Å². The second-order valence-electron chi connectivity index (χ2n) is 4.76. The molecule has 0 aliphatic rings. The van der Waals surface area contributed by atoms with Gasteiger partial charge in [0.2, 0.25) is 5.91 Å². The summed E-state index contributed by atoms with van der Waals surface area (Å²) in [7, 11) is 3.45. The monoisotopic (exact) mass is 306 g/mol. The fourth-order valence-corrected chi connectivity index (χ4v) is 1.93. The van der Waals surface area contributed by atoms with Crippen molar-refractivity contribution in [2.75, 3.05) is 20.6 Å². The van der Waals surface area contributed by atoms with Crippen molar-refractivity contribution in [2.24, 2.45) is 5.92 Å². The zero-order valence-corrected chi connectivity index (χ0v) is 12.9. The van der Waals surface area contributed by atoms with E-state index in [0.717, 1.165) is 12.1 Å². The minimum atomic E-state index is -0.895. The maximum atomic E-state index is 13.2. The SMILES string of the molecule is CNCC(C)C(=O)N(C)C(C)c1ccc(F)c(F)c1.Cl. The minimum Gasteiger partial charge on any atom is -0.339 e. The Morgan fingerprint density at radius 1 is 1.30 bits per heavy atom. The maximum Gasteiger partial charge on any atom is 0.226 e. The van der Waals surface area contributed by atoms with Gasteiger partial charge >= 0.3 is 0 Å². The molecule has 20 heavy (non-hydrogen) atoms. The Bertz CT molecular complexity index is 457. The number of rotatable bonds is 5. The maximum absolute atomic E-state index is 13.2. The van der Waals surface area contributed by atoms with Crippen LogP contribution in [0.25, 0.3) is 0 Å². The molecular formula is C14H21ClF2N2O. The molecule has 1 amide bonds. The second-order valence-corrected chi connectivity index (χ2v) is 4.76. The molecule has 0 spiro atoms. The number of nitrogens with zero attached hydrogens (tertiary/aromatic N) is 1. The van der Waals surface area contributed by atoms with Crippen molar-refractivity contribution in [3.8, 4) is 0 Å². The van der Waals surface area contributed by atoms with Crippen molar-refractivity contribution in [2.45, 2.75) is 19.9 Å². The molecule has 0 heterocycles. The van der Waals surface area contributed by atoms with E-state index in [4.69, 9.17) is 0 Å². The first-order chi connectivity index (χ1) is 8.88. The lowest BCUT2D eigenvalue weighted by Crippen LogP contribution is -2.37. The summed E-state index contributed by atoms with van der Waals surface area (Å²) in [5.74, 6) is -1.98. The van der Waals surface area contributed by atoms with Crippen LogP contribution in [0.5, 0.6) is 0 Å². The fraction of sp³-hybridized carbons (Fsp3) is 0.500. The quantitative estimate of drug-likeness (QED) is 0.907. The van der Waals surface area contributed by atoms with Gasteiger partial charge in [0.25, 0.3) is 0 Å². The first-order valence-electron chi connectivity index (χ1n) is 6.24. The third-order valence-electron chi connectivity index (χ3n) is 3.29. The van der Waals surface area contributed by atoms with Crippen LogP contribution in [0.15, 0.2) is 18.2 Å². The fourth-order valence-electron chi connectivity index (χ4n) is 1.93. The van der Waals surface area contributed by atoms with Crippen molar-refractivity contribution in [1.82, 2.24) is 10.2 Å². The topological polar surface area (TPSA) is 32.3 Å². The summed E-state index contributed by atoms with van der Waals surface area (Å²) in [6, 6.07) is 3.40. The van der Waals surface area contributed by atoms with Crippen LogP contribution in [-0.2, 0) is 4.79 Å². The predicted molar refractivity (Wildman–Crippen MR) is 77.9 cm³/mol. The molecule has 0 aliphatic carbocycles. The largest absolute Gasteiger partial charge is 0.339 e. The van der Waals surface area contributed by atoms with E-state index in [1.807, 2.05) is 6.92 Å². The molecule has 0 radical (unpaired) electrons. The third-order valence-corrected chi connectivity index (χ3v) is 3.29.